The third kappa shape index (κ3) is 2.44. The number of H-pyrrole nitrogens is 1. The van der Waals surface area contributed by atoms with Crippen LogP contribution in [0.15, 0.2) is 18.6 Å². The van der Waals surface area contributed by atoms with Gasteiger partial charge in [0.15, 0.2) is 0 Å². The summed E-state index contributed by atoms with van der Waals surface area (Å²) in [5.41, 5.74) is 0.864. The normalized spacial score (nSPS) is 20.8. The predicted molar refractivity (Wildman–Crippen MR) is 69.6 cm³/mol. The number of nitrogens with one attached hydrogen (secondary N) is 3. The molecule has 1 aliphatic rings. The molecule has 18 heavy (non-hydrogen) atoms. The molecule has 1 atom stereocenters. The van der Waals surface area contributed by atoms with Gasteiger partial charge in [-0.15, -0.1) is 0 Å². The number of hydrogen-bond acceptors (Lipinski definition) is 5. The summed E-state index contributed by atoms with van der Waals surface area (Å²) in [6.45, 7) is 4.36. The fourth-order valence-corrected chi connectivity index (χ4v) is 2.14. The van der Waals surface area contributed by atoms with Crippen LogP contribution in [-0.2, 0) is 4.74 Å². The van der Waals surface area contributed by atoms with Crippen molar-refractivity contribution >= 4 is 16.9 Å². The van der Waals surface area contributed by atoms with E-state index in [1.54, 1.807) is 6.33 Å². The van der Waals surface area contributed by atoms with E-state index in [0.717, 1.165) is 49.7 Å². The van der Waals surface area contributed by atoms with Crippen LogP contribution in [0.5, 0.6) is 0 Å². The van der Waals surface area contributed by atoms with Crippen molar-refractivity contribution in [2.24, 2.45) is 5.92 Å². The van der Waals surface area contributed by atoms with Gasteiger partial charge in [0, 0.05) is 31.7 Å². The molecule has 6 nitrogen and oxygen atoms in total. The first-order chi connectivity index (χ1) is 8.93. The molecule has 0 unspecified atom stereocenters. The van der Waals surface area contributed by atoms with E-state index in [0.29, 0.717) is 5.92 Å². The Morgan fingerprint density at radius 2 is 2.44 bits per heavy atom. The predicted octanol–water partition coefficient (Wildman–Crippen LogP) is 0.606. The van der Waals surface area contributed by atoms with Crippen LogP contribution < -0.4 is 10.6 Å². The molecule has 3 rings (SSSR count). The second kappa shape index (κ2) is 5.32. The maximum atomic E-state index is 5.53. The van der Waals surface area contributed by atoms with Gasteiger partial charge in [0.1, 0.15) is 17.8 Å². The summed E-state index contributed by atoms with van der Waals surface area (Å²) < 4.78 is 5.53. The van der Waals surface area contributed by atoms with Crippen LogP contribution in [0.2, 0.25) is 0 Å². The van der Waals surface area contributed by atoms with Crippen molar-refractivity contribution < 1.29 is 4.74 Å². The highest BCUT2D eigenvalue weighted by Gasteiger charge is 2.13. The Bertz CT molecular complexity index is 504. The summed E-state index contributed by atoms with van der Waals surface area (Å²) in [4.78, 5) is 11.5. The molecule has 0 radical (unpaired) electrons. The van der Waals surface area contributed by atoms with Crippen molar-refractivity contribution in [1.29, 1.82) is 0 Å². The number of hydrogen-bond donors (Lipinski definition) is 3. The molecule has 1 saturated heterocycles. The van der Waals surface area contributed by atoms with Gasteiger partial charge in [-0.25, -0.2) is 9.97 Å². The smallest absolute Gasteiger partial charge is 0.142 e. The monoisotopic (exact) mass is 247 g/mol. The Labute approximate surface area is 105 Å². The van der Waals surface area contributed by atoms with Crippen molar-refractivity contribution in [1.82, 2.24) is 20.3 Å². The van der Waals surface area contributed by atoms with Crippen LogP contribution in [0, 0.1) is 5.92 Å². The van der Waals surface area contributed by atoms with Crippen molar-refractivity contribution in [3.8, 4) is 0 Å². The highest BCUT2D eigenvalue weighted by atomic mass is 16.5. The topological polar surface area (TPSA) is 74.9 Å². The highest BCUT2D eigenvalue weighted by molar-refractivity contribution is 5.86. The number of fused-ring (bicyclic) bond motifs is 1. The Balaban J connectivity index is 1.67. The third-order valence-corrected chi connectivity index (χ3v) is 3.12. The summed E-state index contributed by atoms with van der Waals surface area (Å²) in [6.07, 6.45) is 3.45. The molecular formula is C12H17N5O. The van der Waals surface area contributed by atoms with E-state index >= 15 is 0 Å². The van der Waals surface area contributed by atoms with Gasteiger partial charge in [-0.1, -0.05) is 0 Å². The molecule has 0 aromatic carbocycles. The lowest BCUT2D eigenvalue weighted by Gasteiger charge is -2.15. The van der Waals surface area contributed by atoms with Crippen molar-refractivity contribution in [3.63, 3.8) is 0 Å². The molecule has 0 bridgehead atoms. The minimum absolute atomic E-state index is 0.469. The van der Waals surface area contributed by atoms with Gasteiger partial charge >= 0.3 is 0 Å². The molecule has 0 saturated carbocycles. The van der Waals surface area contributed by atoms with E-state index in [4.69, 9.17) is 4.74 Å². The van der Waals surface area contributed by atoms with Gasteiger partial charge < -0.3 is 20.4 Å². The minimum Gasteiger partial charge on any atom is -0.380 e. The summed E-state index contributed by atoms with van der Waals surface area (Å²) in [6, 6.07) is 1.99. The number of rotatable bonds is 3. The number of anilines is 1. The van der Waals surface area contributed by atoms with Gasteiger partial charge in [-0.2, -0.15) is 0 Å². The number of ether oxygens (including phenoxy) is 1. The molecule has 96 valence electrons. The molecular weight excluding hydrogens is 230 g/mol. The first-order valence-electron chi connectivity index (χ1n) is 6.24. The molecule has 6 heteroatoms. The average molecular weight is 247 g/mol. The average Bonchev–Trinajstić information content (AvgIpc) is 2.73. The van der Waals surface area contributed by atoms with Crippen molar-refractivity contribution in [2.75, 3.05) is 38.2 Å². The van der Waals surface area contributed by atoms with Crippen LogP contribution >= 0.6 is 0 Å². The van der Waals surface area contributed by atoms with Crippen LogP contribution in [0.25, 0.3) is 11.0 Å². The molecule has 2 aromatic rings. The lowest BCUT2D eigenvalue weighted by molar-refractivity contribution is 0.127. The molecule has 3 heterocycles. The zero-order valence-corrected chi connectivity index (χ0v) is 10.1. The molecule has 0 aliphatic carbocycles. The van der Waals surface area contributed by atoms with Gasteiger partial charge in [0.2, 0.25) is 0 Å². The van der Waals surface area contributed by atoms with Crippen LogP contribution in [0.4, 0.5) is 5.82 Å². The molecule has 3 N–H and O–H groups in total. The lowest BCUT2D eigenvalue weighted by atomic mass is 10.1. The first-order valence-corrected chi connectivity index (χ1v) is 6.24. The van der Waals surface area contributed by atoms with Crippen molar-refractivity contribution in [2.45, 2.75) is 0 Å². The number of nitrogens with zero attached hydrogens (tertiary/aromatic N) is 2. The van der Waals surface area contributed by atoms with Crippen LogP contribution in [-0.4, -0.2) is 47.8 Å². The second-order valence-corrected chi connectivity index (χ2v) is 4.49. The first kappa shape index (κ1) is 11.4. The zero-order valence-electron chi connectivity index (χ0n) is 10.1. The quantitative estimate of drug-likeness (QED) is 0.741. The number of aromatic nitrogens is 3. The van der Waals surface area contributed by atoms with E-state index in [2.05, 4.69) is 25.6 Å². The molecule has 0 spiro atoms. The van der Waals surface area contributed by atoms with Gasteiger partial charge in [-0.3, -0.25) is 0 Å². The van der Waals surface area contributed by atoms with E-state index in [9.17, 15) is 0 Å². The standard InChI is InChI=1S/C12H17N5O/c1-2-14-11-10(1)12(17-8-16-11)15-6-9-5-13-3-4-18-7-9/h1-2,8-9,13H,3-7H2,(H2,14,15,16,17)/t9-/m0/s1. The molecule has 1 aliphatic heterocycles. The summed E-state index contributed by atoms with van der Waals surface area (Å²) >= 11 is 0. The zero-order chi connectivity index (χ0) is 12.2. The summed E-state index contributed by atoms with van der Waals surface area (Å²) in [5.74, 6) is 1.35. The van der Waals surface area contributed by atoms with E-state index < -0.39 is 0 Å². The van der Waals surface area contributed by atoms with Gasteiger partial charge in [0.05, 0.1) is 18.6 Å². The fraction of sp³-hybridized carbons (Fsp3) is 0.500. The maximum Gasteiger partial charge on any atom is 0.142 e. The van der Waals surface area contributed by atoms with E-state index in [1.807, 2.05) is 12.3 Å². The van der Waals surface area contributed by atoms with Crippen LogP contribution in [0.1, 0.15) is 0 Å². The van der Waals surface area contributed by atoms with Crippen LogP contribution in [0.3, 0.4) is 0 Å². The van der Waals surface area contributed by atoms with E-state index in [-0.39, 0.29) is 0 Å². The second-order valence-electron chi connectivity index (χ2n) is 4.49. The third-order valence-electron chi connectivity index (χ3n) is 3.12. The molecule has 0 amide bonds. The molecule has 2 aromatic heterocycles. The Hall–Kier alpha value is -1.66. The number of aromatic amines is 1. The Kier molecular flexibility index (Phi) is 3.38. The molecule has 1 fully saturated rings. The highest BCUT2D eigenvalue weighted by Crippen LogP contribution is 2.17. The summed E-state index contributed by atoms with van der Waals surface area (Å²) in [5, 5.41) is 7.77. The summed E-state index contributed by atoms with van der Waals surface area (Å²) in [7, 11) is 0. The van der Waals surface area contributed by atoms with Gasteiger partial charge in [-0.05, 0) is 6.07 Å². The Morgan fingerprint density at radius 3 is 3.44 bits per heavy atom. The van der Waals surface area contributed by atoms with Crippen molar-refractivity contribution in [3.05, 3.63) is 18.6 Å². The van der Waals surface area contributed by atoms with E-state index in [1.165, 1.54) is 0 Å². The minimum atomic E-state index is 0.469. The Morgan fingerprint density at radius 1 is 1.44 bits per heavy atom. The maximum absolute atomic E-state index is 5.53. The largest absolute Gasteiger partial charge is 0.380 e. The lowest BCUT2D eigenvalue weighted by Crippen LogP contribution is -2.28. The fourth-order valence-electron chi connectivity index (χ4n) is 2.14. The van der Waals surface area contributed by atoms with Gasteiger partial charge in [0.25, 0.3) is 0 Å². The SMILES string of the molecule is c1nc(NC[C@@H]2CNCCOC2)c2cc[nH]c2n1.